The van der Waals surface area contributed by atoms with Crippen LogP contribution in [0, 0.1) is 0 Å². The van der Waals surface area contributed by atoms with E-state index in [1.807, 2.05) is 6.92 Å². The molecule has 108 valence electrons. The number of rotatable bonds is 8. The lowest BCUT2D eigenvalue weighted by atomic mass is 10.6. The molecule has 7 heteroatoms. The number of carbonyl (C=O) groups excluding carboxylic acids is 1. The van der Waals surface area contributed by atoms with Gasteiger partial charge in [-0.1, -0.05) is 19.9 Å². The van der Waals surface area contributed by atoms with Crippen LogP contribution < -0.4 is 0 Å². The molecule has 0 bridgehead atoms. The summed E-state index contributed by atoms with van der Waals surface area (Å²) in [5, 5.41) is 7.00. The van der Waals surface area contributed by atoms with Gasteiger partial charge in [-0.15, -0.1) is 0 Å². The maximum absolute atomic E-state index is 11.0. The van der Waals surface area contributed by atoms with Crippen LogP contribution in [0.15, 0.2) is 12.7 Å². The highest BCUT2D eigenvalue weighted by atomic mass is 28.4. The summed E-state index contributed by atoms with van der Waals surface area (Å²) < 4.78 is 21.0. The predicted molar refractivity (Wildman–Crippen MR) is 69.8 cm³/mol. The van der Waals surface area contributed by atoms with Crippen molar-refractivity contribution in [1.82, 2.24) is 0 Å². The lowest BCUT2D eigenvalue weighted by Crippen LogP contribution is -2.46. The minimum absolute atomic E-state index is 0.529. The molecular formula is C11H24O6Si. The monoisotopic (exact) mass is 280 g/mol. The zero-order chi connectivity index (χ0) is 14.6. The van der Waals surface area contributed by atoms with Crippen molar-refractivity contribution >= 4 is 14.8 Å². The number of aliphatic hydroxyl groups is 1. The van der Waals surface area contributed by atoms with Gasteiger partial charge in [-0.3, -0.25) is 0 Å². The van der Waals surface area contributed by atoms with Gasteiger partial charge in [0.2, 0.25) is 0 Å². The largest absolute Gasteiger partial charge is 0.503 e. The minimum Gasteiger partial charge on any atom is -0.434 e. The molecule has 0 amide bonds. The van der Waals surface area contributed by atoms with Crippen molar-refractivity contribution in [3.8, 4) is 0 Å². The highest BCUT2D eigenvalue weighted by Crippen LogP contribution is 2.18. The molecule has 0 aliphatic rings. The fourth-order valence-corrected chi connectivity index (χ4v) is 3.29. The molecule has 1 N–H and O–H groups in total. The van der Waals surface area contributed by atoms with Crippen molar-refractivity contribution in [3.05, 3.63) is 12.7 Å². The Morgan fingerprint density at radius 2 is 1.89 bits per heavy atom. The topological polar surface area (TPSA) is 74.2 Å². The first-order chi connectivity index (χ1) is 8.53. The predicted octanol–water partition coefficient (Wildman–Crippen LogP) is 1.33. The van der Waals surface area contributed by atoms with E-state index in [0.717, 1.165) is 19.6 Å². The molecule has 6 nitrogen and oxygen atoms in total. The van der Waals surface area contributed by atoms with Gasteiger partial charge < -0.3 is 23.1 Å². The lowest BCUT2D eigenvalue weighted by molar-refractivity contribution is -0.160. The first-order valence-corrected chi connectivity index (χ1v) is 7.52. The molecule has 0 aliphatic carbocycles. The number of hydrogen-bond acceptors (Lipinski definition) is 6. The summed E-state index contributed by atoms with van der Waals surface area (Å²) in [5.41, 5.74) is 0. The summed E-state index contributed by atoms with van der Waals surface area (Å²) in [6.45, 7) is 6.93. The van der Waals surface area contributed by atoms with Crippen molar-refractivity contribution in [2.24, 2.45) is 0 Å². The molecule has 0 heterocycles. The zero-order valence-corrected chi connectivity index (χ0v) is 12.8. The Morgan fingerprint density at radius 3 is 2.22 bits per heavy atom. The minimum atomic E-state index is -2.70. The third kappa shape index (κ3) is 7.57. The van der Waals surface area contributed by atoms with Gasteiger partial charge in [-0.25, -0.2) is 4.79 Å². The van der Waals surface area contributed by atoms with Crippen LogP contribution in [0.1, 0.15) is 20.3 Å². The average Bonchev–Trinajstić information content (AvgIpc) is 2.40. The molecule has 0 fully saturated rings. The Hall–Kier alpha value is -0.733. The molecule has 0 aliphatic heterocycles. The van der Waals surface area contributed by atoms with Gasteiger partial charge in [0, 0.05) is 33.4 Å². The Kier molecular flexibility index (Phi) is 12.4. The van der Waals surface area contributed by atoms with Gasteiger partial charge in [-0.05, 0) is 6.92 Å². The normalized spacial score (nSPS) is 12.1. The summed E-state index contributed by atoms with van der Waals surface area (Å²) in [5.74, 6) is -0.529. The molecule has 0 rings (SSSR count). The van der Waals surface area contributed by atoms with Gasteiger partial charge in [0.15, 0.2) is 6.29 Å². The Labute approximate surface area is 110 Å². The second-order valence-corrected chi connectivity index (χ2v) is 6.09. The van der Waals surface area contributed by atoms with Gasteiger partial charge in [-0.2, -0.15) is 0 Å². The molecular weight excluding hydrogens is 256 g/mol. The van der Waals surface area contributed by atoms with E-state index in [4.69, 9.17) is 23.1 Å². The molecule has 0 aromatic carbocycles. The summed E-state index contributed by atoms with van der Waals surface area (Å²) in [4.78, 5) is 11.0. The second kappa shape index (κ2) is 11.4. The molecule has 1 unspecified atom stereocenters. The molecule has 0 saturated carbocycles. The Morgan fingerprint density at radius 1 is 1.39 bits per heavy atom. The van der Waals surface area contributed by atoms with Crippen molar-refractivity contribution in [2.75, 3.05) is 21.3 Å². The van der Waals surface area contributed by atoms with E-state index in [0.29, 0.717) is 6.04 Å². The van der Waals surface area contributed by atoms with E-state index >= 15 is 0 Å². The standard InChI is InChI=1S/C10H20O5Si.CH4O/c1-6-8-16(12-4,13-5)15-9(3)14-10(11)7-2;1-2/h7,9H,2,6,8H2,1,3-5H3;2H,1H3. The molecule has 18 heavy (non-hydrogen) atoms. The SMILES string of the molecule is C=CC(=O)OC(C)O[Si](CCC)(OC)OC.CO. The highest BCUT2D eigenvalue weighted by molar-refractivity contribution is 6.60. The van der Waals surface area contributed by atoms with Crippen LogP contribution in [0.5, 0.6) is 0 Å². The number of hydrogen-bond donors (Lipinski definition) is 1. The van der Waals surface area contributed by atoms with Crippen LogP contribution in [0.2, 0.25) is 6.04 Å². The zero-order valence-electron chi connectivity index (χ0n) is 11.8. The van der Waals surface area contributed by atoms with Gasteiger partial charge >= 0.3 is 14.8 Å². The van der Waals surface area contributed by atoms with E-state index in [1.165, 1.54) is 14.2 Å². The quantitative estimate of drug-likeness (QED) is 0.313. The van der Waals surface area contributed by atoms with Gasteiger partial charge in [0.05, 0.1) is 0 Å². The molecule has 0 saturated heterocycles. The summed E-state index contributed by atoms with van der Waals surface area (Å²) in [6.07, 6.45) is 1.25. The van der Waals surface area contributed by atoms with Crippen LogP contribution in [0.4, 0.5) is 0 Å². The first kappa shape index (κ1) is 19.6. The van der Waals surface area contributed by atoms with Crippen LogP contribution in [0.25, 0.3) is 0 Å². The fraction of sp³-hybridized carbons (Fsp3) is 0.727. The van der Waals surface area contributed by atoms with E-state index in [9.17, 15) is 4.79 Å². The van der Waals surface area contributed by atoms with E-state index in [1.54, 1.807) is 6.92 Å². The smallest absolute Gasteiger partial charge is 0.434 e. The number of esters is 1. The fourth-order valence-electron chi connectivity index (χ4n) is 1.24. The van der Waals surface area contributed by atoms with Crippen molar-refractivity contribution in [3.63, 3.8) is 0 Å². The number of aliphatic hydroxyl groups excluding tert-OH is 1. The first-order valence-electron chi connectivity index (χ1n) is 5.59. The molecule has 1 atom stereocenters. The lowest BCUT2D eigenvalue weighted by Gasteiger charge is -2.28. The summed E-state index contributed by atoms with van der Waals surface area (Å²) in [7, 11) is 1.37. The summed E-state index contributed by atoms with van der Waals surface area (Å²) >= 11 is 0. The maximum Gasteiger partial charge on any atom is 0.503 e. The molecule has 0 aromatic rings. The number of ether oxygens (including phenoxy) is 1. The average molecular weight is 280 g/mol. The van der Waals surface area contributed by atoms with Crippen LogP contribution >= 0.6 is 0 Å². The molecule has 0 radical (unpaired) electrons. The van der Waals surface area contributed by atoms with Crippen molar-refractivity contribution in [2.45, 2.75) is 32.6 Å². The van der Waals surface area contributed by atoms with Crippen LogP contribution in [-0.4, -0.2) is 47.5 Å². The van der Waals surface area contributed by atoms with Crippen molar-refractivity contribution in [1.29, 1.82) is 0 Å². The van der Waals surface area contributed by atoms with Crippen LogP contribution in [0.3, 0.4) is 0 Å². The van der Waals surface area contributed by atoms with E-state index in [2.05, 4.69) is 6.58 Å². The van der Waals surface area contributed by atoms with E-state index < -0.39 is 21.1 Å². The second-order valence-electron chi connectivity index (χ2n) is 3.17. The molecule has 0 spiro atoms. The van der Waals surface area contributed by atoms with E-state index in [-0.39, 0.29) is 0 Å². The van der Waals surface area contributed by atoms with Crippen molar-refractivity contribution < 1.29 is 27.9 Å². The third-order valence-electron chi connectivity index (χ3n) is 1.97. The van der Waals surface area contributed by atoms with Crippen LogP contribution in [-0.2, 0) is 22.8 Å². The van der Waals surface area contributed by atoms with Gasteiger partial charge in [0.1, 0.15) is 0 Å². The Balaban J connectivity index is 0. The van der Waals surface area contributed by atoms with Gasteiger partial charge in [0.25, 0.3) is 0 Å². The third-order valence-corrected chi connectivity index (χ3v) is 5.02. The summed E-state index contributed by atoms with van der Waals surface area (Å²) in [6, 6.07) is 0.677. The molecule has 0 aromatic heterocycles. The number of carbonyl (C=O) groups is 1. The maximum atomic E-state index is 11.0. The highest BCUT2D eigenvalue weighted by Gasteiger charge is 2.40. The Bertz CT molecular complexity index is 230.